The second-order valence-electron chi connectivity index (χ2n) is 5.71. The van der Waals surface area contributed by atoms with Gasteiger partial charge in [-0.15, -0.1) is 0 Å². The van der Waals surface area contributed by atoms with Crippen LogP contribution in [0.4, 0.5) is 11.9 Å². The summed E-state index contributed by atoms with van der Waals surface area (Å²) in [4.78, 5) is 23.9. The zero-order valence-electron chi connectivity index (χ0n) is 15.2. The minimum atomic E-state index is 0.410. The lowest BCUT2D eigenvalue weighted by Gasteiger charge is -2.27. The van der Waals surface area contributed by atoms with Gasteiger partial charge < -0.3 is 15.0 Å². The molecule has 1 aliphatic rings. The Balaban J connectivity index is 1.90. The van der Waals surface area contributed by atoms with Crippen LogP contribution in [0.2, 0.25) is 0 Å². The van der Waals surface area contributed by atoms with Crippen LogP contribution in [0.1, 0.15) is 6.92 Å². The van der Waals surface area contributed by atoms with Gasteiger partial charge in [0, 0.05) is 37.1 Å². The van der Waals surface area contributed by atoms with Gasteiger partial charge >= 0.3 is 0 Å². The van der Waals surface area contributed by atoms with E-state index in [0.29, 0.717) is 37.5 Å². The first-order valence-electron chi connectivity index (χ1n) is 8.68. The lowest BCUT2D eigenvalue weighted by molar-refractivity contribution is 0.122. The van der Waals surface area contributed by atoms with Crippen LogP contribution in [0.15, 0.2) is 41.7 Å². The second kappa shape index (κ2) is 9.40. The summed E-state index contributed by atoms with van der Waals surface area (Å²) in [5.74, 6) is 1.62. The van der Waals surface area contributed by atoms with Crippen LogP contribution in [0.25, 0.3) is 11.4 Å². The highest BCUT2D eigenvalue weighted by Gasteiger charge is 2.17. The quantitative estimate of drug-likeness (QED) is 0.618. The number of hydrogen-bond donors (Lipinski definition) is 1. The number of morpholine rings is 1. The highest BCUT2D eigenvalue weighted by atomic mass is 16.5. The van der Waals surface area contributed by atoms with Gasteiger partial charge in [-0.25, -0.2) is 4.99 Å². The molecule has 0 aliphatic carbocycles. The molecule has 1 fully saturated rings. The number of pyridine rings is 1. The fourth-order valence-corrected chi connectivity index (χ4v) is 2.55. The molecule has 0 amide bonds. The van der Waals surface area contributed by atoms with Crippen molar-refractivity contribution in [1.29, 1.82) is 0 Å². The summed E-state index contributed by atoms with van der Waals surface area (Å²) < 4.78 is 5.42. The van der Waals surface area contributed by atoms with Gasteiger partial charge in [0.05, 0.1) is 25.5 Å². The minimum absolute atomic E-state index is 0.410. The number of nitrogens with one attached hydrogen (secondary N) is 1. The highest BCUT2D eigenvalue weighted by molar-refractivity contribution is 5.98. The first-order valence-corrected chi connectivity index (χ1v) is 8.68. The fourth-order valence-electron chi connectivity index (χ4n) is 2.55. The van der Waals surface area contributed by atoms with Crippen molar-refractivity contribution >= 4 is 17.6 Å². The average molecular weight is 363 g/mol. The number of aromatic nitrogens is 4. The standard InChI is InChI=1S/C19H21N7O/c1-3-6-16(21-4-2)14-22-18-23-17(15-7-5-8-20-13-15)24-19(25-18)26-9-11-27-12-10-26/h2-3,5-8,13H,9-12,14H2,1H3,(H,22,23,24,25). The molecule has 8 heteroatoms. The normalized spacial score (nSPS) is 15.0. The summed E-state index contributed by atoms with van der Waals surface area (Å²) in [6.07, 6.45) is 12.5. The number of terminal acetylenes is 1. The first-order chi connectivity index (χ1) is 13.3. The van der Waals surface area contributed by atoms with Gasteiger partial charge in [0.1, 0.15) is 0 Å². The molecule has 0 radical (unpaired) electrons. The molecule has 3 rings (SSSR count). The summed E-state index contributed by atoms with van der Waals surface area (Å²) in [5.41, 5.74) is 1.54. The van der Waals surface area contributed by atoms with Crippen molar-refractivity contribution in [2.24, 2.45) is 4.99 Å². The molecule has 0 spiro atoms. The second-order valence-corrected chi connectivity index (χ2v) is 5.71. The summed E-state index contributed by atoms with van der Waals surface area (Å²) in [6.45, 7) is 5.09. The Bertz CT molecular complexity index is 852. The largest absolute Gasteiger partial charge is 0.378 e. The van der Waals surface area contributed by atoms with E-state index < -0.39 is 0 Å². The molecule has 2 aromatic rings. The van der Waals surface area contributed by atoms with Crippen LogP contribution in [0.5, 0.6) is 0 Å². The van der Waals surface area contributed by atoms with Gasteiger partial charge in [-0.2, -0.15) is 15.0 Å². The zero-order valence-corrected chi connectivity index (χ0v) is 15.2. The smallest absolute Gasteiger partial charge is 0.230 e. The number of ether oxygens (including phenoxy) is 1. The lowest BCUT2D eigenvalue weighted by atomic mass is 10.3. The maximum atomic E-state index is 5.42. The fraction of sp³-hybridized carbons (Fsp3) is 0.316. The van der Waals surface area contributed by atoms with Gasteiger partial charge in [-0.3, -0.25) is 4.98 Å². The third-order valence-corrected chi connectivity index (χ3v) is 3.83. The summed E-state index contributed by atoms with van der Waals surface area (Å²) >= 11 is 0. The molecular formula is C19H21N7O. The van der Waals surface area contributed by atoms with Crippen LogP contribution in [-0.2, 0) is 4.74 Å². The maximum Gasteiger partial charge on any atom is 0.230 e. The van der Waals surface area contributed by atoms with Crippen LogP contribution in [-0.4, -0.2) is 58.5 Å². The molecule has 0 atom stereocenters. The number of rotatable bonds is 6. The van der Waals surface area contributed by atoms with Crippen LogP contribution in [0.3, 0.4) is 0 Å². The summed E-state index contributed by atoms with van der Waals surface area (Å²) in [7, 11) is 0. The highest BCUT2D eigenvalue weighted by Crippen LogP contribution is 2.19. The van der Waals surface area contributed by atoms with E-state index in [1.54, 1.807) is 12.4 Å². The molecule has 3 heterocycles. The Morgan fingerprint density at radius 2 is 2.22 bits per heavy atom. The monoisotopic (exact) mass is 363 g/mol. The van der Waals surface area contributed by atoms with Crippen molar-refractivity contribution < 1.29 is 4.74 Å². The molecule has 1 saturated heterocycles. The van der Waals surface area contributed by atoms with Crippen molar-refractivity contribution in [1.82, 2.24) is 19.9 Å². The molecule has 1 aliphatic heterocycles. The number of allylic oxidation sites excluding steroid dienone is 1. The van der Waals surface area contributed by atoms with Crippen molar-refractivity contribution in [3.63, 3.8) is 0 Å². The molecule has 2 aromatic heterocycles. The number of hydrogen-bond acceptors (Lipinski definition) is 8. The van der Waals surface area contributed by atoms with Crippen LogP contribution >= 0.6 is 0 Å². The zero-order chi connectivity index (χ0) is 18.9. The first kappa shape index (κ1) is 18.5. The Kier molecular flexibility index (Phi) is 6.44. The van der Waals surface area contributed by atoms with Crippen molar-refractivity contribution in [2.75, 3.05) is 43.1 Å². The summed E-state index contributed by atoms with van der Waals surface area (Å²) in [5, 5.41) is 3.19. The molecule has 138 valence electrons. The van der Waals surface area contributed by atoms with Gasteiger partial charge in [-0.1, -0.05) is 12.5 Å². The predicted molar refractivity (Wildman–Crippen MR) is 106 cm³/mol. The molecule has 0 unspecified atom stereocenters. The predicted octanol–water partition coefficient (Wildman–Crippen LogP) is 1.79. The van der Waals surface area contributed by atoms with E-state index in [9.17, 15) is 0 Å². The Morgan fingerprint density at radius 1 is 1.37 bits per heavy atom. The topological polar surface area (TPSA) is 88.4 Å². The maximum absolute atomic E-state index is 5.42. The van der Waals surface area contributed by atoms with Gasteiger partial charge in [0.2, 0.25) is 11.9 Å². The van der Waals surface area contributed by atoms with E-state index in [4.69, 9.17) is 11.2 Å². The molecule has 27 heavy (non-hydrogen) atoms. The molecular weight excluding hydrogens is 342 g/mol. The lowest BCUT2D eigenvalue weighted by Crippen LogP contribution is -2.37. The molecule has 8 nitrogen and oxygen atoms in total. The van der Waals surface area contributed by atoms with Crippen molar-refractivity contribution in [3.8, 4) is 23.9 Å². The van der Waals surface area contributed by atoms with E-state index >= 15 is 0 Å². The van der Waals surface area contributed by atoms with E-state index in [2.05, 4.69) is 41.2 Å². The van der Waals surface area contributed by atoms with E-state index in [-0.39, 0.29) is 0 Å². The van der Waals surface area contributed by atoms with Crippen LogP contribution in [0, 0.1) is 12.5 Å². The molecule has 0 saturated carbocycles. The van der Waals surface area contributed by atoms with E-state index in [1.807, 2.05) is 31.2 Å². The van der Waals surface area contributed by atoms with Gasteiger partial charge in [0.25, 0.3) is 0 Å². The van der Waals surface area contributed by atoms with Crippen molar-refractivity contribution in [3.05, 3.63) is 36.7 Å². The Hall–Kier alpha value is -3.31. The number of aliphatic imine (C=N–C) groups is 1. The molecule has 0 aromatic carbocycles. The average Bonchev–Trinajstić information content (AvgIpc) is 2.73. The third kappa shape index (κ3) is 5.09. The van der Waals surface area contributed by atoms with Crippen molar-refractivity contribution in [2.45, 2.75) is 6.92 Å². The van der Waals surface area contributed by atoms with Gasteiger partial charge in [-0.05, 0) is 25.1 Å². The van der Waals surface area contributed by atoms with E-state index in [0.717, 1.165) is 24.4 Å². The number of anilines is 2. The molecule has 0 bridgehead atoms. The number of nitrogens with zero attached hydrogens (tertiary/aromatic N) is 6. The SMILES string of the molecule is C#CN=C(C=CC)CNc1nc(-c2cccnc2)nc(N2CCOCC2)n1. The van der Waals surface area contributed by atoms with E-state index in [1.165, 1.54) is 0 Å². The third-order valence-electron chi connectivity index (χ3n) is 3.83. The minimum Gasteiger partial charge on any atom is -0.378 e. The summed E-state index contributed by atoms with van der Waals surface area (Å²) in [6, 6.07) is 6.07. The Morgan fingerprint density at radius 3 is 2.93 bits per heavy atom. The Labute approximate surface area is 158 Å². The molecule has 1 N–H and O–H groups in total. The van der Waals surface area contributed by atoms with Crippen LogP contribution < -0.4 is 10.2 Å². The van der Waals surface area contributed by atoms with Gasteiger partial charge in [0.15, 0.2) is 5.82 Å².